The summed E-state index contributed by atoms with van der Waals surface area (Å²) in [4.78, 5) is 2.78. The second-order valence-corrected chi connectivity index (χ2v) is 6.37. The van der Waals surface area contributed by atoms with Gasteiger partial charge in [-0.05, 0) is 31.9 Å². The van der Waals surface area contributed by atoms with E-state index < -0.39 is 0 Å². The molecule has 0 aromatic carbocycles. The fraction of sp³-hybridized carbons (Fsp3) is 0.714. The molecule has 1 saturated heterocycles. The van der Waals surface area contributed by atoms with E-state index in [1.165, 1.54) is 15.3 Å². The zero-order valence-electron chi connectivity index (χ0n) is 11.5. The number of hydrogen-bond acceptors (Lipinski definition) is 4. The van der Waals surface area contributed by atoms with Gasteiger partial charge in [-0.2, -0.15) is 0 Å². The van der Waals surface area contributed by atoms with Crippen LogP contribution in [0.4, 0.5) is 0 Å². The molecule has 1 aromatic heterocycles. The van der Waals surface area contributed by atoms with Crippen molar-refractivity contribution in [1.29, 1.82) is 0 Å². The minimum Gasteiger partial charge on any atom is -0.383 e. The fourth-order valence-electron chi connectivity index (χ4n) is 2.58. The highest BCUT2D eigenvalue weighted by Crippen LogP contribution is 2.38. The normalized spacial score (nSPS) is 23.7. The van der Waals surface area contributed by atoms with E-state index in [-0.39, 0.29) is 6.10 Å². The van der Waals surface area contributed by atoms with E-state index in [2.05, 4.69) is 25.2 Å². The summed E-state index contributed by atoms with van der Waals surface area (Å²) in [5, 5.41) is 3.45. The molecule has 2 unspecified atom stereocenters. The Morgan fingerprint density at radius 3 is 3.00 bits per heavy atom. The highest BCUT2D eigenvalue weighted by Gasteiger charge is 2.30. The third-order valence-corrected chi connectivity index (χ3v) is 4.47. The molecule has 2 heterocycles. The highest BCUT2D eigenvalue weighted by molar-refractivity contribution is 7.12. The molecule has 1 aromatic rings. The van der Waals surface area contributed by atoms with Crippen LogP contribution in [0, 0.1) is 19.8 Å². The molecule has 0 aliphatic carbocycles. The summed E-state index contributed by atoms with van der Waals surface area (Å²) in [7, 11) is 1.74. The standard InChI is InChI=1S/C14H23NO2S/c1-10-8-13(11(2)18-10)14-12(4-6-17-14)9-15-5-7-16-3/h8,12,14-15H,4-7,9H2,1-3H3. The monoisotopic (exact) mass is 269 g/mol. The van der Waals surface area contributed by atoms with Crippen LogP contribution in [0.5, 0.6) is 0 Å². The van der Waals surface area contributed by atoms with Crippen molar-refractivity contribution >= 4 is 11.3 Å². The Morgan fingerprint density at radius 1 is 1.50 bits per heavy atom. The van der Waals surface area contributed by atoms with Gasteiger partial charge < -0.3 is 14.8 Å². The first-order chi connectivity index (χ1) is 8.72. The lowest BCUT2D eigenvalue weighted by atomic mass is 9.95. The van der Waals surface area contributed by atoms with Crippen molar-refractivity contribution < 1.29 is 9.47 Å². The van der Waals surface area contributed by atoms with Gasteiger partial charge in [-0.1, -0.05) is 0 Å². The topological polar surface area (TPSA) is 30.5 Å². The van der Waals surface area contributed by atoms with Gasteiger partial charge in [-0.15, -0.1) is 11.3 Å². The number of nitrogens with one attached hydrogen (secondary N) is 1. The van der Waals surface area contributed by atoms with Crippen molar-refractivity contribution in [2.45, 2.75) is 26.4 Å². The maximum Gasteiger partial charge on any atom is 0.0876 e. The van der Waals surface area contributed by atoms with E-state index in [1.54, 1.807) is 7.11 Å². The van der Waals surface area contributed by atoms with Crippen LogP contribution in [0.15, 0.2) is 6.07 Å². The van der Waals surface area contributed by atoms with E-state index >= 15 is 0 Å². The summed E-state index contributed by atoms with van der Waals surface area (Å²) in [6.07, 6.45) is 1.43. The van der Waals surface area contributed by atoms with Gasteiger partial charge in [0.2, 0.25) is 0 Å². The second kappa shape index (κ2) is 6.66. The Bertz CT molecular complexity index is 378. The summed E-state index contributed by atoms with van der Waals surface area (Å²) in [6.45, 7) is 7.96. The van der Waals surface area contributed by atoms with Gasteiger partial charge in [0.25, 0.3) is 0 Å². The maximum atomic E-state index is 5.94. The molecule has 0 amide bonds. The third-order valence-electron chi connectivity index (χ3n) is 3.49. The van der Waals surface area contributed by atoms with Crippen molar-refractivity contribution in [1.82, 2.24) is 5.32 Å². The average molecular weight is 269 g/mol. The molecular formula is C14H23NO2S. The van der Waals surface area contributed by atoms with Crippen LogP contribution in [0.2, 0.25) is 0 Å². The first-order valence-corrected chi connectivity index (χ1v) is 7.42. The molecule has 0 bridgehead atoms. The highest BCUT2D eigenvalue weighted by atomic mass is 32.1. The molecule has 0 radical (unpaired) electrons. The lowest BCUT2D eigenvalue weighted by Gasteiger charge is -2.19. The molecule has 0 spiro atoms. The number of thiophene rings is 1. The minimum atomic E-state index is 0.282. The van der Waals surface area contributed by atoms with Crippen LogP contribution in [0.3, 0.4) is 0 Å². The van der Waals surface area contributed by atoms with Gasteiger partial charge in [-0.3, -0.25) is 0 Å². The molecule has 18 heavy (non-hydrogen) atoms. The SMILES string of the molecule is COCCNCC1CCOC1c1cc(C)sc1C. The van der Waals surface area contributed by atoms with Crippen LogP contribution in [0.1, 0.15) is 27.8 Å². The largest absolute Gasteiger partial charge is 0.383 e. The minimum absolute atomic E-state index is 0.282. The van der Waals surface area contributed by atoms with Crippen molar-refractivity contribution in [2.75, 3.05) is 33.4 Å². The third kappa shape index (κ3) is 3.32. The van der Waals surface area contributed by atoms with Gasteiger partial charge >= 0.3 is 0 Å². The number of hydrogen-bond donors (Lipinski definition) is 1. The smallest absolute Gasteiger partial charge is 0.0876 e. The van der Waals surface area contributed by atoms with Crippen LogP contribution in [-0.2, 0) is 9.47 Å². The molecule has 1 aliphatic heterocycles. The summed E-state index contributed by atoms with van der Waals surface area (Å²) < 4.78 is 11.0. The molecule has 1 aliphatic rings. The number of aryl methyl sites for hydroxylation is 2. The van der Waals surface area contributed by atoms with E-state index in [0.29, 0.717) is 5.92 Å². The van der Waals surface area contributed by atoms with Crippen molar-refractivity contribution in [3.63, 3.8) is 0 Å². The van der Waals surface area contributed by atoms with Crippen LogP contribution < -0.4 is 5.32 Å². The van der Waals surface area contributed by atoms with Gasteiger partial charge in [0.05, 0.1) is 12.7 Å². The van der Waals surface area contributed by atoms with Crippen LogP contribution in [-0.4, -0.2) is 33.4 Å². The summed E-state index contributed by atoms with van der Waals surface area (Å²) in [6, 6.07) is 2.29. The van der Waals surface area contributed by atoms with Crippen LogP contribution >= 0.6 is 11.3 Å². The molecule has 0 saturated carbocycles. The molecule has 4 heteroatoms. The van der Waals surface area contributed by atoms with Gasteiger partial charge in [0.15, 0.2) is 0 Å². The van der Waals surface area contributed by atoms with Crippen molar-refractivity contribution in [3.8, 4) is 0 Å². The molecule has 1 fully saturated rings. The molecule has 2 rings (SSSR count). The Hall–Kier alpha value is -0.420. The quantitative estimate of drug-likeness (QED) is 0.805. The lowest BCUT2D eigenvalue weighted by molar-refractivity contribution is 0.0897. The number of methoxy groups -OCH3 is 1. The predicted molar refractivity (Wildman–Crippen MR) is 75.3 cm³/mol. The first-order valence-electron chi connectivity index (χ1n) is 6.60. The predicted octanol–water partition coefficient (Wildman–Crippen LogP) is 2.68. The molecule has 1 N–H and O–H groups in total. The maximum absolute atomic E-state index is 5.94. The average Bonchev–Trinajstić information content (AvgIpc) is 2.91. The summed E-state index contributed by atoms with van der Waals surface area (Å²) in [5.74, 6) is 0.592. The van der Waals surface area contributed by atoms with Gasteiger partial charge in [0.1, 0.15) is 0 Å². The Labute approximate surface area is 113 Å². The Balaban J connectivity index is 1.93. The van der Waals surface area contributed by atoms with E-state index in [1.807, 2.05) is 11.3 Å². The van der Waals surface area contributed by atoms with Gasteiger partial charge in [-0.25, -0.2) is 0 Å². The molecule has 2 atom stereocenters. The summed E-state index contributed by atoms with van der Waals surface area (Å²) in [5.41, 5.74) is 1.40. The zero-order chi connectivity index (χ0) is 13.0. The van der Waals surface area contributed by atoms with Gasteiger partial charge in [0, 0.05) is 42.5 Å². The molecular weight excluding hydrogens is 246 g/mol. The van der Waals surface area contributed by atoms with E-state index in [4.69, 9.17) is 9.47 Å². The molecule has 102 valence electrons. The van der Waals surface area contributed by atoms with E-state index in [0.717, 1.165) is 32.7 Å². The Morgan fingerprint density at radius 2 is 2.33 bits per heavy atom. The lowest BCUT2D eigenvalue weighted by Crippen LogP contribution is -2.27. The zero-order valence-corrected chi connectivity index (χ0v) is 12.3. The van der Waals surface area contributed by atoms with Crippen LogP contribution in [0.25, 0.3) is 0 Å². The van der Waals surface area contributed by atoms with Crippen molar-refractivity contribution in [2.24, 2.45) is 5.92 Å². The molecule has 3 nitrogen and oxygen atoms in total. The second-order valence-electron chi connectivity index (χ2n) is 4.91. The Kier molecular flexibility index (Phi) is 5.18. The van der Waals surface area contributed by atoms with E-state index in [9.17, 15) is 0 Å². The first kappa shape index (κ1) is 14.0. The number of rotatable bonds is 6. The van der Waals surface area contributed by atoms with Crippen molar-refractivity contribution in [3.05, 3.63) is 21.4 Å². The fourth-order valence-corrected chi connectivity index (χ4v) is 3.54. The summed E-state index contributed by atoms with van der Waals surface area (Å²) >= 11 is 1.87. The number of ether oxygens (including phenoxy) is 2.